The van der Waals surface area contributed by atoms with Gasteiger partial charge in [-0.2, -0.15) is 0 Å². The summed E-state index contributed by atoms with van der Waals surface area (Å²) in [5.74, 6) is -1.81. The first-order chi connectivity index (χ1) is 16.2. The van der Waals surface area contributed by atoms with Crippen LogP contribution in [0.4, 0.5) is 0 Å². The molecule has 1 heterocycles. The lowest BCUT2D eigenvalue weighted by molar-refractivity contribution is -0.139. The molecule has 1 aromatic rings. The Bertz CT molecular complexity index is 749. The molecule has 0 spiro atoms. The predicted molar refractivity (Wildman–Crippen MR) is 131 cm³/mol. The summed E-state index contributed by atoms with van der Waals surface area (Å²) in [5, 5.41) is 18.6. The van der Waals surface area contributed by atoms with Crippen molar-refractivity contribution in [3.63, 3.8) is 0 Å². The maximum atomic E-state index is 11.4. The number of nitrogens with zero attached hydrogens (tertiary/aromatic N) is 4. The van der Waals surface area contributed by atoms with E-state index in [-0.39, 0.29) is 19.6 Å². The smallest absolute Gasteiger partial charge is 0.317 e. The second-order valence-corrected chi connectivity index (χ2v) is 10.3. The number of carboxylic acid groups (broad SMARTS) is 2. The van der Waals surface area contributed by atoms with Crippen molar-refractivity contribution in [3.8, 4) is 0 Å². The molecule has 1 fully saturated rings. The molecule has 1 unspecified atom stereocenters. The van der Waals surface area contributed by atoms with E-state index in [0.29, 0.717) is 64.8 Å². The van der Waals surface area contributed by atoms with E-state index in [1.54, 1.807) is 0 Å². The predicted octanol–water partition coefficient (Wildman–Crippen LogP) is 0.431. The van der Waals surface area contributed by atoms with Gasteiger partial charge in [0, 0.05) is 73.0 Å². The number of aryl methyl sites for hydroxylation is 1. The van der Waals surface area contributed by atoms with Crippen molar-refractivity contribution in [2.45, 2.75) is 13.1 Å². The third-order valence-electron chi connectivity index (χ3n) is 5.83. The molecule has 10 nitrogen and oxygen atoms in total. The van der Waals surface area contributed by atoms with Gasteiger partial charge in [0.2, 0.25) is 0 Å². The summed E-state index contributed by atoms with van der Waals surface area (Å²) in [6.45, 7) is 6.23. The van der Waals surface area contributed by atoms with Crippen molar-refractivity contribution in [2.24, 2.45) is 0 Å². The lowest BCUT2D eigenvalue weighted by atomic mass is 10.2. The maximum absolute atomic E-state index is 11.4. The normalized spacial score (nSPS) is 19.1. The highest BCUT2D eigenvalue weighted by Crippen LogP contribution is 2.35. The van der Waals surface area contributed by atoms with Gasteiger partial charge in [-0.25, -0.2) is 0 Å². The minimum atomic E-state index is -1.30. The summed E-state index contributed by atoms with van der Waals surface area (Å²) in [6, 6.07) is 8.09. The van der Waals surface area contributed by atoms with Gasteiger partial charge in [-0.15, -0.1) is 0 Å². The zero-order valence-corrected chi connectivity index (χ0v) is 20.8. The average molecular weight is 497 g/mol. The SMILES string of the molecule is Cc1ccc(CP(O)CN2CCN(CC(=O)O)CCN(CC=O)CCN(CC(=O)O)CC2)cc1. The monoisotopic (exact) mass is 496 g/mol. The van der Waals surface area contributed by atoms with Crippen LogP contribution >= 0.6 is 8.15 Å². The number of carbonyl (C=O) groups excluding carboxylic acids is 1. The van der Waals surface area contributed by atoms with E-state index in [1.165, 1.54) is 0 Å². The summed E-state index contributed by atoms with van der Waals surface area (Å²) < 4.78 is 0. The van der Waals surface area contributed by atoms with Gasteiger partial charge < -0.3 is 19.9 Å². The molecular weight excluding hydrogens is 459 g/mol. The summed E-state index contributed by atoms with van der Waals surface area (Å²) in [5.41, 5.74) is 2.24. The standard InChI is InChI=1S/C23H37N4O6P/c1-20-2-4-21(5-3-20)18-34(33)19-27-12-10-25(16-22(29)30)8-6-24(14-15-28)7-9-26(11-13-27)17-23(31)32/h2-5,15,33H,6-14,16-19H2,1H3,(H,29,30)(H,31,32). The molecule has 0 radical (unpaired) electrons. The first-order valence-corrected chi connectivity index (χ1v) is 13.2. The average Bonchev–Trinajstić information content (AvgIpc) is 2.76. The first-order valence-electron chi connectivity index (χ1n) is 11.5. The van der Waals surface area contributed by atoms with Crippen molar-refractivity contribution in [3.05, 3.63) is 35.4 Å². The maximum Gasteiger partial charge on any atom is 0.317 e. The van der Waals surface area contributed by atoms with E-state index in [0.717, 1.165) is 17.4 Å². The molecule has 0 aromatic heterocycles. The van der Waals surface area contributed by atoms with Crippen molar-refractivity contribution < 1.29 is 29.5 Å². The molecule has 3 N–H and O–H groups in total. The van der Waals surface area contributed by atoms with Gasteiger partial charge in [0.15, 0.2) is 0 Å². The fourth-order valence-corrected chi connectivity index (χ4v) is 5.37. The van der Waals surface area contributed by atoms with Crippen LogP contribution in [0, 0.1) is 6.92 Å². The molecule has 1 aliphatic heterocycles. The van der Waals surface area contributed by atoms with E-state index in [4.69, 9.17) is 0 Å². The topological polar surface area (TPSA) is 125 Å². The molecule has 1 atom stereocenters. The van der Waals surface area contributed by atoms with Gasteiger partial charge >= 0.3 is 11.9 Å². The number of benzene rings is 1. The molecule has 0 saturated carbocycles. The number of aldehydes is 1. The molecule has 1 saturated heterocycles. The highest BCUT2D eigenvalue weighted by atomic mass is 31.1. The zero-order valence-electron chi connectivity index (χ0n) is 19.9. The molecule has 2 rings (SSSR count). The summed E-state index contributed by atoms with van der Waals surface area (Å²) in [4.78, 5) is 52.3. The molecule has 190 valence electrons. The lowest BCUT2D eigenvalue weighted by Crippen LogP contribution is -2.48. The van der Waals surface area contributed by atoms with Crippen LogP contribution in [0.5, 0.6) is 0 Å². The van der Waals surface area contributed by atoms with Crippen LogP contribution in [0.3, 0.4) is 0 Å². The van der Waals surface area contributed by atoms with Gasteiger partial charge in [0.05, 0.1) is 19.6 Å². The van der Waals surface area contributed by atoms with Gasteiger partial charge in [-0.3, -0.25) is 29.2 Å². The van der Waals surface area contributed by atoms with Crippen molar-refractivity contribution >= 4 is 26.4 Å². The Hall–Kier alpha value is -1.94. The molecule has 0 bridgehead atoms. The third kappa shape index (κ3) is 11.5. The minimum Gasteiger partial charge on any atom is -0.480 e. The fraction of sp³-hybridized carbons (Fsp3) is 0.609. The fourth-order valence-electron chi connectivity index (χ4n) is 3.89. The Labute approximate surface area is 202 Å². The van der Waals surface area contributed by atoms with E-state index >= 15 is 0 Å². The highest BCUT2D eigenvalue weighted by Gasteiger charge is 2.20. The van der Waals surface area contributed by atoms with E-state index in [1.807, 2.05) is 45.9 Å². The Balaban J connectivity index is 2.08. The van der Waals surface area contributed by atoms with Crippen LogP contribution in [0.1, 0.15) is 11.1 Å². The van der Waals surface area contributed by atoms with Crippen LogP contribution in [0.25, 0.3) is 0 Å². The molecule has 34 heavy (non-hydrogen) atoms. The second kappa shape index (κ2) is 15.1. The second-order valence-electron chi connectivity index (χ2n) is 8.72. The number of carbonyl (C=O) groups is 3. The van der Waals surface area contributed by atoms with E-state index in [9.17, 15) is 29.5 Å². The molecular formula is C23H37N4O6P. The quantitative estimate of drug-likeness (QED) is 0.310. The van der Waals surface area contributed by atoms with Gasteiger partial charge in [-0.1, -0.05) is 29.8 Å². The van der Waals surface area contributed by atoms with Gasteiger partial charge in [0.1, 0.15) is 6.29 Å². The van der Waals surface area contributed by atoms with Crippen LogP contribution in [-0.4, -0.2) is 131 Å². The summed E-state index contributed by atoms with van der Waals surface area (Å²) >= 11 is 0. The van der Waals surface area contributed by atoms with Crippen LogP contribution < -0.4 is 0 Å². The van der Waals surface area contributed by atoms with Crippen molar-refractivity contribution in [1.29, 1.82) is 0 Å². The van der Waals surface area contributed by atoms with E-state index in [2.05, 4.69) is 4.90 Å². The number of hydrogen-bond acceptors (Lipinski definition) is 8. The minimum absolute atomic E-state index is 0.0921. The lowest BCUT2D eigenvalue weighted by Gasteiger charge is -2.33. The number of aliphatic carboxylic acids is 2. The van der Waals surface area contributed by atoms with Crippen LogP contribution in [-0.2, 0) is 20.5 Å². The number of hydrogen-bond donors (Lipinski definition) is 3. The van der Waals surface area contributed by atoms with Crippen LogP contribution in [0.15, 0.2) is 24.3 Å². The van der Waals surface area contributed by atoms with Crippen molar-refractivity contribution in [2.75, 3.05) is 78.3 Å². The van der Waals surface area contributed by atoms with Gasteiger partial charge in [-0.05, 0) is 12.5 Å². The molecule has 11 heteroatoms. The third-order valence-corrected chi connectivity index (χ3v) is 7.29. The summed E-state index contributed by atoms with van der Waals surface area (Å²) in [7, 11) is -1.30. The Morgan fingerprint density at radius 2 is 1.26 bits per heavy atom. The molecule has 1 aliphatic rings. The largest absolute Gasteiger partial charge is 0.480 e. The molecule has 0 amide bonds. The van der Waals surface area contributed by atoms with Crippen LogP contribution in [0.2, 0.25) is 0 Å². The number of rotatable bonds is 10. The Kier molecular flexibility index (Phi) is 12.6. The molecule has 0 aliphatic carbocycles. The van der Waals surface area contributed by atoms with E-state index < -0.39 is 20.1 Å². The zero-order chi connectivity index (χ0) is 24.9. The summed E-state index contributed by atoms with van der Waals surface area (Å²) in [6.07, 6.45) is 1.86. The first kappa shape index (κ1) is 28.3. The Morgan fingerprint density at radius 3 is 1.71 bits per heavy atom. The Morgan fingerprint density at radius 1 is 0.824 bits per heavy atom. The highest BCUT2D eigenvalue weighted by molar-refractivity contribution is 7.50. The van der Waals surface area contributed by atoms with Gasteiger partial charge in [0.25, 0.3) is 0 Å². The number of carboxylic acids is 2. The molecule has 1 aromatic carbocycles. The van der Waals surface area contributed by atoms with Crippen molar-refractivity contribution in [1.82, 2.24) is 19.6 Å².